The predicted octanol–water partition coefficient (Wildman–Crippen LogP) is 1.56. The Bertz CT molecular complexity index is 410. The molecule has 98 valence electrons. The number of aliphatic hydroxyl groups excluding tert-OH is 1. The number of morpholine rings is 1. The van der Waals surface area contributed by atoms with E-state index in [-0.39, 0.29) is 18.7 Å². The smallest absolute Gasteiger partial charge is 0.322 e. The average Bonchev–Trinajstić information content (AvgIpc) is 2.41. The van der Waals surface area contributed by atoms with Crippen LogP contribution in [0.5, 0.6) is 0 Å². The maximum Gasteiger partial charge on any atom is 0.322 e. The van der Waals surface area contributed by atoms with Crippen LogP contribution in [-0.4, -0.2) is 48.4 Å². The van der Waals surface area contributed by atoms with Crippen molar-refractivity contribution in [2.45, 2.75) is 6.04 Å². The first-order valence-electron chi connectivity index (χ1n) is 5.72. The van der Waals surface area contributed by atoms with E-state index < -0.39 is 0 Å². The van der Waals surface area contributed by atoms with Crippen molar-refractivity contribution in [2.24, 2.45) is 0 Å². The number of hydrogen-bond acceptors (Lipinski definition) is 3. The van der Waals surface area contributed by atoms with Gasteiger partial charge in [0.1, 0.15) is 0 Å². The Balaban J connectivity index is 2.00. The first-order valence-corrected chi connectivity index (χ1v) is 6.10. The summed E-state index contributed by atoms with van der Waals surface area (Å²) in [6, 6.07) is 6.36. The number of carbonyl (C=O) groups is 1. The molecule has 2 N–H and O–H groups in total. The van der Waals surface area contributed by atoms with Crippen molar-refractivity contribution >= 4 is 23.3 Å². The summed E-state index contributed by atoms with van der Waals surface area (Å²) in [7, 11) is 0. The number of hydrogen-bond donors (Lipinski definition) is 2. The highest BCUT2D eigenvalue weighted by Crippen LogP contribution is 2.15. The van der Waals surface area contributed by atoms with Crippen LogP contribution in [0.25, 0.3) is 0 Å². The first kappa shape index (κ1) is 13.1. The van der Waals surface area contributed by atoms with Gasteiger partial charge in [0.15, 0.2) is 0 Å². The molecule has 1 aromatic rings. The molecule has 0 bridgehead atoms. The molecule has 18 heavy (non-hydrogen) atoms. The van der Waals surface area contributed by atoms with E-state index in [1.807, 2.05) is 0 Å². The molecule has 2 rings (SSSR count). The van der Waals surface area contributed by atoms with E-state index in [0.29, 0.717) is 30.5 Å². The van der Waals surface area contributed by atoms with E-state index in [9.17, 15) is 9.90 Å². The fourth-order valence-electron chi connectivity index (χ4n) is 1.80. The number of aliphatic hydroxyl groups is 1. The quantitative estimate of drug-likeness (QED) is 0.857. The van der Waals surface area contributed by atoms with Crippen molar-refractivity contribution < 1.29 is 14.6 Å². The monoisotopic (exact) mass is 270 g/mol. The van der Waals surface area contributed by atoms with Crippen LogP contribution < -0.4 is 5.32 Å². The summed E-state index contributed by atoms with van der Waals surface area (Å²) in [5, 5.41) is 12.6. The van der Waals surface area contributed by atoms with Gasteiger partial charge in [-0.1, -0.05) is 11.6 Å². The van der Waals surface area contributed by atoms with Crippen LogP contribution in [0.3, 0.4) is 0 Å². The molecule has 1 fully saturated rings. The highest BCUT2D eigenvalue weighted by Gasteiger charge is 2.26. The number of rotatable bonds is 2. The third-order valence-corrected chi connectivity index (χ3v) is 3.05. The highest BCUT2D eigenvalue weighted by atomic mass is 35.5. The Hall–Kier alpha value is -1.30. The van der Waals surface area contributed by atoms with Crippen LogP contribution in [-0.2, 0) is 4.74 Å². The fourth-order valence-corrected chi connectivity index (χ4v) is 1.93. The summed E-state index contributed by atoms with van der Waals surface area (Å²) in [5.41, 5.74) is 0.674. The molecule has 0 radical (unpaired) electrons. The lowest BCUT2D eigenvalue weighted by Gasteiger charge is -2.34. The third kappa shape index (κ3) is 3.13. The maximum atomic E-state index is 12.0. The van der Waals surface area contributed by atoms with E-state index in [4.69, 9.17) is 16.3 Å². The Labute approximate surface area is 110 Å². The third-order valence-electron chi connectivity index (χ3n) is 2.79. The Morgan fingerprint density at radius 3 is 2.89 bits per heavy atom. The Morgan fingerprint density at radius 1 is 1.50 bits per heavy atom. The zero-order valence-corrected chi connectivity index (χ0v) is 10.6. The number of benzene rings is 1. The van der Waals surface area contributed by atoms with Gasteiger partial charge in [0.05, 0.1) is 25.9 Å². The zero-order valence-electron chi connectivity index (χ0n) is 9.80. The molecule has 1 heterocycles. The summed E-state index contributed by atoms with van der Waals surface area (Å²) in [5.74, 6) is 0. The van der Waals surface area contributed by atoms with Gasteiger partial charge in [0.2, 0.25) is 0 Å². The molecule has 0 saturated carbocycles. The molecule has 1 unspecified atom stereocenters. The second kappa shape index (κ2) is 6.04. The van der Waals surface area contributed by atoms with E-state index in [2.05, 4.69) is 5.32 Å². The topological polar surface area (TPSA) is 61.8 Å². The number of carbonyl (C=O) groups excluding carboxylic acids is 1. The van der Waals surface area contributed by atoms with Gasteiger partial charge in [-0.3, -0.25) is 0 Å². The van der Waals surface area contributed by atoms with Crippen LogP contribution in [0.4, 0.5) is 10.5 Å². The van der Waals surface area contributed by atoms with Gasteiger partial charge in [-0.2, -0.15) is 0 Å². The van der Waals surface area contributed by atoms with Crippen LogP contribution in [0.15, 0.2) is 24.3 Å². The van der Waals surface area contributed by atoms with Gasteiger partial charge >= 0.3 is 6.03 Å². The van der Waals surface area contributed by atoms with Gasteiger partial charge in [-0.05, 0) is 24.3 Å². The molecule has 0 spiro atoms. The summed E-state index contributed by atoms with van der Waals surface area (Å²) in [6.45, 7) is 1.23. The van der Waals surface area contributed by atoms with Crippen LogP contribution in [0.2, 0.25) is 5.02 Å². The molecule has 1 aliphatic rings. The van der Waals surface area contributed by atoms with Gasteiger partial charge < -0.3 is 20.1 Å². The molecule has 6 heteroatoms. The molecule has 1 aromatic carbocycles. The van der Waals surface area contributed by atoms with E-state index in [1.54, 1.807) is 29.2 Å². The normalized spacial score (nSPS) is 19.7. The molecule has 5 nitrogen and oxygen atoms in total. The summed E-state index contributed by atoms with van der Waals surface area (Å²) in [6.07, 6.45) is 0. The fraction of sp³-hybridized carbons (Fsp3) is 0.417. The molecular formula is C12H15ClN2O3. The Morgan fingerprint density at radius 2 is 2.22 bits per heavy atom. The molecule has 1 aliphatic heterocycles. The summed E-state index contributed by atoms with van der Waals surface area (Å²) in [4.78, 5) is 13.6. The number of urea groups is 1. The minimum atomic E-state index is -0.286. The van der Waals surface area contributed by atoms with Gasteiger partial charge in [-0.25, -0.2) is 4.79 Å². The minimum absolute atomic E-state index is 0.103. The second-order valence-corrected chi connectivity index (χ2v) is 4.48. The van der Waals surface area contributed by atoms with Crippen LogP contribution >= 0.6 is 11.6 Å². The van der Waals surface area contributed by atoms with Crippen LogP contribution in [0, 0.1) is 0 Å². The van der Waals surface area contributed by atoms with E-state index >= 15 is 0 Å². The maximum absolute atomic E-state index is 12.0. The summed E-state index contributed by atoms with van der Waals surface area (Å²) >= 11 is 5.77. The van der Waals surface area contributed by atoms with Crippen molar-refractivity contribution in [3.63, 3.8) is 0 Å². The van der Waals surface area contributed by atoms with Crippen molar-refractivity contribution in [3.8, 4) is 0 Å². The van der Waals surface area contributed by atoms with Gasteiger partial charge in [-0.15, -0.1) is 0 Å². The first-order chi connectivity index (χ1) is 8.70. The zero-order chi connectivity index (χ0) is 13.0. The predicted molar refractivity (Wildman–Crippen MR) is 68.9 cm³/mol. The number of nitrogens with zero attached hydrogens (tertiary/aromatic N) is 1. The molecule has 0 aromatic heterocycles. The lowest BCUT2D eigenvalue weighted by molar-refractivity contribution is -0.00485. The lowest BCUT2D eigenvalue weighted by atomic mass is 10.2. The number of anilines is 1. The van der Waals surface area contributed by atoms with Crippen molar-refractivity contribution in [3.05, 3.63) is 29.3 Å². The van der Waals surface area contributed by atoms with Crippen molar-refractivity contribution in [1.29, 1.82) is 0 Å². The molecule has 1 saturated heterocycles. The lowest BCUT2D eigenvalue weighted by Crippen LogP contribution is -2.52. The molecular weight excluding hydrogens is 256 g/mol. The SMILES string of the molecule is O=C(Nc1ccc(Cl)cc1)N1CCOCC1CO. The number of halogens is 1. The average molecular weight is 271 g/mol. The minimum Gasteiger partial charge on any atom is -0.394 e. The van der Waals surface area contributed by atoms with Gasteiger partial charge in [0, 0.05) is 17.3 Å². The summed E-state index contributed by atoms with van der Waals surface area (Å²) < 4.78 is 5.22. The second-order valence-electron chi connectivity index (χ2n) is 4.04. The largest absolute Gasteiger partial charge is 0.394 e. The van der Waals surface area contributed by atoms with Crippen LogP contribution in [0.1, 0.15) is 0 Å². The molecule has 2 amide bonds. The number of amides is 2. The van der Waals surface area contributed by atoms with E-state index in [1.165, 1.54) is 0 Å². The molecule has 0 aliphatic carbocycles. The van der Waals surface area contributed by atoms with Crippen molar-refractivity contribution in [1.82, 2.24) is 4.90 Å². The molecule has 1 atom stereocenters. The Kier molecular flexibility index (Phi) is 4.41. The number of ether oxygens (including phenoxy) is 1. The highest BCUT2D eigenvalue weighted by molar-refractivity contribution is 6.30. The van der Waals surface area contributed by atoms with Gasteiger partial charge in [0.25, 0.3) is 0 Å². The standard InChI is InChI=1S/C12H15ClN2O3/c13-9-1-3-10(4-2-9)14-12(17)15-5-6-18-8-11(15)7-16/h1-4,11,16H,5-8H2,(H,14,17). The van der Waals surface area contributed by atoms with E-state index in [0.717, 1.165) is 0 Å². The number of nitrogens with one attached hydrogen (secondary N) is 1. The van der Waals surface area contributed by atoms with Crippen molar-refractivity contribution in [2.75, 3.05) is 31.7 Å².